The van der Waals surface area contributed by atoms with E-state index in [4.69, 9.17) is 11.6 Å². The van der Waals surface area contributed by atoms with Crippen molar-refractivity contribution in [3.8, 4) is 0 Å². The average Bonchev–Trinajstić information content (AvgIpc) is 2.41. The molecule has 2 N–H and O–H groups in total. The zero-order chi connectivity index (χ0) is 13.8. The zero-order valence-electron chi connectivity index (χ0n) is 9.91. The molecular weight excluding hydrogens is 272 g/mol. The molecule has 0 fully saturated rings. The third-order valence-corrected chi connectivity index (χ3v) is 2.95. The molecule has 5 heteroatoms. The van der Waals surface area contributed by atoms with Gasteiger partial charge in [0.2, 0.25) is 0 Å². The minimum absolute atomic E-state index is 0.193. The van der Waals surface area contributed by atoms with Gasteiger partial charge in [-0.15, -0.1) is 0 Å². The molecule has 2 aromatic carbocycles. The van der Waals surface area contributed by atoms with Crippen LogP contribution in [0.15, 0.2) is 42.5 Å². The Bertz CT molecular complexity index is 577. The fraction of sp³-hybridized carbons (Fsp3) is 0.143. The number of aliphatic hydroxyl groups is 1. The van der Waals surface area contributed by atoms with E-state index < -0.39 is 17.7 Å². The highest BCUT2D eigenvalue weighted by atomic mass is 35.5. The molecule has 2 nitrogen and oxygen atoms in total. The topological polar surface area (TPSA) is 32.3 Å². The lowest BCUT2D eigenvalue weighted by molar-refractivity contribution is 0.273. The number of halogens is 3. The predicted molar refractivity (Wildman–Crippen MR) is 71.3 cm³/mol. The minimum atomic E-state index is -0.768. The van der Waals surface area contributed by atoms with Crippen LogP contribution in [0.5, 0.6) is 0 Å². The maximum Gasteiger partial charge on any atom is 0.146 e. The fourth-order valence-corrected chi connectivity index (χ4v) is 1.95. The van der Waals surface area contributed by atoms with Crippen molar-refractivity contribution >= 4 is 17.3 Å². The van der Waals surface area contributed by atoms with E-state index in [1.807, 2.05) is 0 Å². The highest BCUT2D eigenvalue weighted by Crippen LogP contribution is 2.25. The molecule has 2 aromatic rings. The monoisotopic (exact) mass is 283 g/mol. The molecule has 0 aliphatic carbocycles. The van der Waals surface area contributed by atoms with Crippen molar-refractivity contribution in [3.05, 3.63) is 64.7 Å². The van der Waals surface area contributed by atoms with Gasteiger partial charge in [-0.1, -0.05) is 23.7 Å². The van der Waals surface area contributed by atoms with Crippen molar-refractivity contribution in [2.45, 2.75) is 6.04 Å². The van der Waals surface area contributed by atoms with Gasteiger partial charge in [-0.2, -0.15) is 0 Å². The molecule has 2 rings (SSSR count). The first-order valence-corrected chi connectivity index (χ1v) is 6.06. The van der Waals surface area contributed by atoms with Gasteiger partial charge in [-0.05, 0) is 30.3 Å². The second-order valence-electron chi connectivity index (χ2n) is 4.03. The van der Waals surface area contributed by atoms with Crippen LogP contribution < -0.4 is 5.32 Å². The molecule has 0 saturated heterocycles. The van der Waals surface area contributed by atoms with E-state index >= 15 is 0 Å². The van der Waals surface area contributed by atoms with E-state index in [-0.39, 0.29) is 17.9 Å². The van der Waals surface area contributed by atoms with Crippen LogP contribution in [-0.2, 0) is 0 Å². The first-order valence-electron chi connectivity index (χ1n) is 5.68. The van der Waals surface area contributed by atoms with Gasteiger partial charge in [0.15, 0.2) is 0 Å². The summed E-state index contributed by atoms with van der Waals surface area (Å²) in [5.41, 5.74) is 0.388. The number of benzene rings is 2. The Morgan fingerprint density at radius 1 is 1.11 bits per heavy atom. The predicted octanol–water partition coefficient (Wildman–Crippen LogP) is 3.76. The van der Waals surface area contributed by atoms with Crippen LogP contribution in [0.4, 0.5) is 14.5 Å². The molecule has 1 unspecified atom stereocenters. The third-order valence-electron chi connectivity index (χ3n) is 2.72. The van der Waals surface area contributed by atoms with Crippen LogP contribution in [0.1, 0.15) is 11.6 Å². The van der Waals surface area contributed by atoms with Crippen LogP contribution in [0.25, 0.3) is 0 Å². The highest BCUT2D eigenvalue weighted by Gasteiger charge is 2.16. The smallest absolute Gasteiger partial charge is 0.146 e. The maximum atomic E-state index is 13.7. The van der Waals surface area contributed by atoms with Gasteiger partial charge in [-0.3, -0.25) is 0 Å². The molecule has 0 spiro atoms. The van der Waals surface area contributed by atoms with Gasteiger partial charge in [0.05, 0.1) is 18.3 Å². The van der Waals surface area contributed by atoms with E-state index in [2.05, 4.69) is 5.32 Å². The number of hydrogen-bond acceptors (Lipinski definition) is 2. The van der Waals surface area contributed by atoms with Crippen LogP contribution in [0.3, 0.4) is 0 Å². The van der Waals surface area contributed by atoms with E-state index in [0.717, 1.165) is 0 Å². The van der Waals surface area contributed by atoms with Gasteiger partial charge < -0.3 is 10.4 Å². The first-order chi connectivity index (χ1) is 9.11. The number of para-hydroxylation sites is 1. The molecule has 0 heterocycles. The Labute approximate surface area is 114 Å². The van der Waals surface area contributed by atoms with Gasteiger partial charge >= 0.3 is 0 Å². The van der Waals surface area contributed by atoms with Crippen molar-refractivity contribution in [1.82, 2.24) is 0 Å². The fourth-order valence-electron chi connectivity index (χ4n) is 1.77. The zero-order valence-corrected chi connectivity index (χ0v) is 10.7. The standard InChI is InChI=1S/C14H12ClF2NO/c15-9-5-6-11(16)10(7-9)14(8-19)18-13-4-2-1-3-12(13)17/h1-7,14,18-19H,8H2. The molecule has 100 valence electrons. The Kier molecular flexibility index (Phi) is 4.35. The van der Waals surface area contributed by atoms with Gasteiger partial charge in [0, 0.05) is 10.6 Å². The van der Waals surface area contributed by atoms with E-state index in [0.29, 0.717) is 5.02 Å². The summed E-state index contributed by atoms with van der Waals surface area (Å²) in [6.45, 7) is -0.383. The Morgan fingerprint density at radius 3 is 2.53 bits per heavy atom. The van der Waals surface area contributed by atoms with E-state index in [9.17, 15) is 13.9 Å². The molecule has 0 saturated carbocycles. The summed E-state index contributed by atoms with van der Waals surface area (Å²) >= 11 is 5.80. The van der Waals surface area contributed by atoms with Crippen LogP contribution >= 0.6 is 11.6 Å². The van der Waals surface area contributed by atoms with Gasteiger partial charge in [-0.25, -0.2) is 8.78 Å². The Hall–Kier alpha value is -1.65. The molecule has 0 bridgehead atoms. The lowest BCUT2D eigenvalue weighted by Gasteiger charge is -2.19. The molecule has 0 aliphatic heterocycles. The van der Waals surface area contributed by atoms with Crippen LogP contribution in [-0.4, -0.2) is 11.7 Å². The van der Waals surface area contributed by atoms with E-state index in [1.165, 1.54) is 30.3 Å². The van der Waals surface area contributed by atoms with Crippen molar-refractivity contribution in [2.24, 2.45) is 0 Å². The lowest BCUT2D eigenvalue weighted by atomic mass is 10.1. The van der Waals surface area contributed by atoms with Gasteiger partial charge in [0.1, 0.15) is 11.6 Å². The normalized spacial score (nSPS) is 12.2. The number of aliphatic hydroxyl groups excluding tert-OH is 1. The number of nitrogens with one attached hydrogen (secondary N) is 1. The third kappa shape index (κ3) is 3.22. The van der Waals surface area contributed by atoms with Crippen LogP contribution in [0, 0.1) is 11.6 Å². The quantitative estimate of drug-likeness (QED) is 0.895. The van der Waals surface area contributed by atoms with Crippen molar-refractivity contribution in [1.29, 1.82) is 0 Å². The van der Waals surface area contributed by atoms with Crippen molar-refractivity contribution in [3.63, 3.8) is 0 Å². The molecule has 0 aromatic heterocycles. The summed E-state index contributed by atoms with van der Waals surface area (Å²) in [6.07, 6.45) is 0. The second kappa shape index (κ2) is 5.99. The highest BCUT2D eigenvalue weighted by molar-refractivity contribution is 6.30. The Morgan fingerprint density at radius 2 is 1.84 bits per heavy atom. The lowest BCUT2D eigenvalue weighted by Crippen LogP contribution is -2.17. The number of hydrogen-bond donors (Lipinski definition) is 2. The molecular formula is C14H12ClF2NO. The van der Waals surface area contributed by atoms with Crippen LogP contribution in [0.2, 0.25) is 5.02 Å². The molecule has 0 aliphatic rings. The molecule has 0 amide bonds. The molecule has 0 radical (unpaired) electrons. The number of anilines is 1. The summed E-state index contributed by atoms with van der Waals surface area (Å²) in [5, 5.41) is 12.5. The van der Waals surface area contributed by atoms with Crippen molar-refractivity contribution in [2.75, 3.05) is 11.9 Å². The largest absolute Gasteiger partial charge is 0.394 e. The maximum absolute atomic E-state index is 13.7. The first kappa shape index (κ1) is 13.8. The average molecular weight is 284 g/mol. The SMILES string of the molecule is OCC(Nc1ccccc1F)c1cc(Cl)ccc1F. The van der Waals surface area contributed by atoms with Gasteiger partial charge in [0.25, 0.3) is 0 Å². The summed E-state index contributed by atoms with van der Waals surface area (Å²) in [5.74, 6) is -0.976. The molecule has 1 atom stereocenters. The number of rotatable bonds is 4. The Balaban J connectivity index is 2.30. The van der Waals surface area contributed by atoms with E-state index in [1.54, 1.807) is 12.1 Å². The van der Waals surface area contributed by atoms with Crippen molar-refractivity contribution < 1.29 is 13.9 Å². The minimum Gasteiger partial charge on any atom is -0.394 e. The summed E-state index contributed by atoms with van der Waals surface area (Å²) in [6, 6.07) is 9.26. The summed E-state index contributed by atoms with van der Waals surface area (Å²) < 4.78 is 27.2. The summed E-state index contributed by atoms with van der Waals surface area (Å²) in [7, 11) is 0. The summed E-state index contributed by atoms with van der Waals surface area (Å²) in [4.78, 5) is 0. The second-order valence-corrected chi connectivity index (χ2v) is 4.46. The molecule has 19 heavy (non-hydrogen) atoms.